The van der Waals surface area contributed by atoms with Gasteiger partial charge < -0.3 is 9.84 Å². The number of likely N-dealkylation sites (tertiary alicyclic amines) is 1. The van der Waals surface area contributed by atoms with Gasteiger partial charge in [-0.1, -0.05) is 37.3 Å². The van der Waals surface area contributed by atoms with Crippen LogP contribution in [0.2, 0.25) is 0 Å². The Labute approximate surface area is 142 Å². The number of benzene rings is 2. The van der Waals surface area contributed by atoms with Crippen molar-refractivity contribution in [2.45, 2.75) is 19.9 Å². The molecule has 2 atom stereocenters. The molecule has 0 bridgehead atoms. The van der Waals surface area contributed by atoms with Crippen molar-refractivity contribution in [3.8, 4) is 11.5 Å². The van der Waals surface area contributed by atoms with Gasteiger partial charge in [0.15, 0.2) is 0 Å². The highest BCUT2D eigenvalue weighted by atomic mass is 16.5. The second kappa shape index (κ2) is 7.49. The number of carboxylic acid groups (broad SMARTS) is 1. The van der Waals surface area contributed by atoms with Crippen LogP contribution in [0.4, 0.5) is 0 Å². The molecule has 4 nitrogen and oxygen atoms in total. The fraction of sp³-hybridized carbons (Fsp3) is 0.350. The van der Waals surface area contributed by atoms with Crippen molar-refractivity contribution >= 4 is 5.97 Å². The Morgan fingerprint density at radius 2 is 1.88 bits per heavy atom. The maximum absolute atomic E-state index is 11.3. The number of hydrogen-bond acceptors (Lipinski definition) is 3. The van der Waals surface area contributed by atoms with E-state index >= 15 is 0 Å². The van der Waals surface area contributed by atoms with E-state index in [1.54, 1.807) is 0 Å². The highest BCUT2D eigenvalue weighted by Gasteiger charge is 2.29. The van der Waals surface area contributed by atoms with Crippen LogP contribution in [-0.2, 0) is 11.3 Å². The zero-order valence-corrected chi connectivity index (χ0v) is 13.9. The lowest BCUT2D eigenvalue weighted by Crippen LogP contribution is -2.41. The van der Waals surface area contributed by atoms with Crippen LogP contribution >= 0.6 is 0 Å². The van der Waals surface area contributed by atoms with E-state index < -0.39 is 5.97 Å². The number of ether oxygens (including phenoxy) is 1. The van der Waals surface area contributed by atoms with Gasteiger partial charge in [-0.3, -0.25) is 9.69 Å². The molecule has 1 fully saturated rings. The van der Waals surface area contributed by atoms with E-state index in [2.05, 4.69) is 17.9 Å². The smallest absolute Gasteiger partial charge is 0.307 e. The number of carboxylic acids is 1. The van der Waals surface area contributed by atoms with Crippen molar-refractivity contribution in [2.24, 2.45) is 11.8 Å². The number of nitrogens with zero attached hydrogens (tertiary/aromatic N) is 1. The van der Waals surface area contributed by atoms with Crippen LogP contribution in [0.25, 0.3) is 0 Å². The molecule has 4 heteroatoms. The first-order valence-electron chi connectivity index (χ1n) is 8.37. The number of aliphatic carboxylic acids is 1. The quantitative estimate of drug-likeness (QED) is 0.902. The normalized spacial score (nSPS) is 21.4. The van der Waals surface area contributed by atoms with Gasteiger partial charge in [0.05, 0.1) is 5.92 Å². The average Bonchev–Trinajstić information content (AvgIpc) is 2.55. The lowest BCUT2D eigenvalue weighted by atomic mass is 9.90. The molecule has 3 rings (SSSR count). The van der Waals surface area contributed by atoms with Crippen LogP contribution in [0, 0.1) is 11.8 Å². The lowest BCUT2D eigenvalue weighted by molar-refractivity contribution is -0.144. The van der Waals surface area contributed by atoms with Gasteiger partial charge in [0, 0.05) is 19.6 Å². The van der Waals surface area contributed by atoms with Crippen LogP contribution < -0.4 is 4.74 Å². The standard InChI is InChI=1S/C20H23NO3/c1-15-10-17(20(22)23)14-21(12-15)13-16-6-5-9-19(11-16)24-18-7-3-2-4-8-18/h2-9,11,15,17H,10,12-14H2,1H3,(H,22,23). The van der Waals surface area contributed by atoms with Crippen LogP contribution in [0.15, 0.2) is 54.6 Å². The number of piperidine rings is 1. The molecular formula is C20H23NO3. The summed E-state index contributed by atoms with van der Waals surface area (Å²) in [6, 6.07) is 17.7. The number of hydrogen-bond donors (Lipinski definition) is 1. The molecule has 2 aromatic rings. The minimum Gasteiger partial charge on any atom is -0.481 e. The summed E-state index contributed by atoms with van der Waals surface area (Å²) in [4.78, 5) is 13.5. The number of rotatable bonds is 5. The molecule has 0 spiro atoms. The zero-order chi connectivity index (χ0) is 16.9. The SMILES string of the molecule is CC1CC(C(=O)O)CN(Cc2cccc(Oc3ccccc3)c2)C1. The molecule has 1 N–H and O–H groups in total. The Balaban J connectivity index is 1.67. The van der Waals surface area contributed by atoms with E-state index in [4.69, 9.17) is 4.74 Å². The van der Waals surface area contributed by atoms with Crippen molar-refractivity contribution < 1.29 is 14.6 Å². The minimum atomic E-state index is -0.687. The third-order valence-electron chi connectivity index (χ3n) is 4.37. The van der Waals surface area contributed by atoms with Gasteiger partial charge in [-0.25, -0.2) is 0 Å². The highest BCUT2D eigenvalue weighted by molar-refractivity contribution is 5.70. The molecule has 1 aliphatic heterocycles. The first-order valence-corrected chi connectivity index (χ1v) is 8.37. The fourth-order valence-corrected chi connectivity index (χ4v) is 3.36. The second-order valence-electron chi connectivity index (χ2n) is 6.63. The third-order valence-corrected chi connectivity index (χ3v) is 4.37. The molecule has 0 radical (unpaired) electrons. The van der Waals surface area contributed by atoms with Gasteiger partial charge in [0.1, 0.15) is 11.5 Å². The molecule has 1 saturated heterocycles. The third kappa shape index (κ3) is 4.36. The van der Waals surface area contributed by atoms with Gasteiger partial charge in [-0.15, -0.1) is 0 Å². The average molecular weight is 325 g/mol. The summed E-state index contributed by atoms with van der Waals surface area (Å²) in [5, 5.41) is 9.30. The van der Waals surface area contributed by atoms with E-state index in [0.29, 0.717) is 12.5 Å². The molecule has 2 unspecified atom stereocenters. The van der Waals surface area contributed by atoms with E-state index in [1.165, 1.54) is 0 Å². The Bertz CT molecular complexity index is 686. The largest absolute Gasteiger partial charge is 0.481 e. The maximum atomic E-state index is 11.3. The Morgan fingerprint density at radius 1 is 1.12 bits per heavy atom. The van der Waals surface area contributed by atoms with E-state index in [1.807, 2.05) is 48.5 Å². The first kappa shape index (κ1) is 16.5. The molecule has 0 saturated carbocycles. The summed E-state index contributed by atoms with van der Waals surface area (Å²) in [5.74, 6) is 1.07. The molecule has 24 heavy (non-hydrogen) atoms. The molecule has 2 aromatic carbocycles. The van der Waals surface area contributed by atoms with Crippen molar-refractivity contribution in [2.75, 3.05) is 13.1 Å². The van der Waals surface area contributed by atoms with Crippen LogP contribution in [-0.4, -0.2) is 29.1 Å². The molecule has 0 aliphatic carbocycles. The Hall–Kier alpha value is -2.33. The predicted molar refractivity (Wildman–Crippen MR) is 93.1 cm³/mol. The summed E-state index contributed by atoms with van der Waals surface area (Å²) >= 11 is 0. The van der Waals surface area contributed by atoms with Crippen molar-refractivity contribution in [3.63, 3.8) is 0 Å². The molecule has 1 heterocycles. The Morgan fingerprint density at radius 3 is 2.62 bits per heavy atom. The molecule has 1 aliphatic rings. The van der Waals surface area contributed by atoms with Crippen LogP contribution in [0.5, 0.6) is 11.5 Å². The van der Waals surface area contributed by atoms with Crippen molar-refractivity contribution in [1.82, 2.24) is 4.90 Å². The van der Waals surface area contributed by atoms with Crippen molar-refractivity contribution in [3.05, 3.63) is 60.2 Å². The van der Waals surface area contributed by atoms with Crippen LogP contribution in [0.3, 0.4) is 0 Å². The van der Waals surface area contributed by atoms with E-state index in [9.17, 15) is 9.90 Å². The van der Waals surface area contributed by atoms with E-state index in [-0.39, 0.29) is 5.92 Å². The fourth-order valence-electron chi connectivity index (χ4n) is 3.36. The summed E-state index contributed by atoms with van der Waals surface area (Å²) in [7, 11) is 0. The molecule has 0 aromatic heterocycles. The van der Waals surface area contributed by atoms with E-state index in [0.717, 1.165) is 36.6 Å². The number of carbonyl (C=O) groups is 1. The van der Waals surface area contributed by atoms with Gasteiger partial charge in [-0.2, -0.15) is 0 Å². The predicted octanol–water partition coefficient (Wildman–Crippen LogP) is 4.02. The number of para-hydroxylation sites is 1. The molecule has 0 amide bonds. The van der Waals surface area contributed by atoms with Gasteiger partial charge in [0.25, 0.3) is 0 Å². The van der Waals surface area contributed by atoms with Gasteiger partial charge >= 0.3 is 5.97 Å². The second-order valence-corrected chi connectivity index (χ2v) is 6.63. The summed E-state index contributed by atoms with van der Waals surface area (Å²) in [6.45, 7) is 4.42. The molecular weight excluding hydrogens is 302 g/mol. The zero-order valence-electron chi connectivity index (χ0n) is 13.9. The summed E-state index contributed by atoms with van der Waals surface area (Å²) in [6.07, 6.45) is 0.767. The monoisotopic (exact) mass is 325 g/mol. The summed E-state index contributed by atoms with van der Waals surface area (Å²) in [5.41, 5.74) is 1.14. The topological polar surface area (TPSA) is 49.8 Å². The first-order chi connectivity index (χ1) is 11.6. The van der Waals surface area contributed by atoms with Crippen LogP contribution in [0.1, 0.15) is 18.9 Å². The minimum absolute atomic E-state index is 0.266. The Kier molecular flexibility index (Phi) is 5.16. The summed E-state index contributed by atoms with van der Waals surface area (Å²) < 4.78 is 5.88. The van der Waals surface area contributed by atoms with Gasteiger partial charge in [0.2, 0.25) is 0 Å². The van der Waals surface area contributed by atoms with Crippen molar-refractivity contribution in [1.29, 1.82) is 0 Å². The molecule has 126 valence electrons. The highest BCUT2D eigenvalue weighted by Crippen LogP contribution is 2.26. The lowest BCUT2D eigenvalue weighted by Gasteiger charge is -2.34. The van der Waals surface area contributed by atoms with Gasteiger partial charge in [-0.05, 0) is 42.2 Å². The maximum Gasteiger partial charge on any atom is 0.307 e.